The van der Waals surface area contributed by atoms with Gasteiger partial charge in [-0.15, -0.1) is 0 Å². The van der Waals surface area contributed by atoms with E-state index in [0.717, 1.165) is 45.4 Å². The summed E-state index contributed by atoms with van der Waals surface area (Å²) >= 11 is 2.12. The Morgan fingerprint density at radius 3 is 1.52 bits per heavy atom. The van der Waals surface area contributed by atoms with Crippen molar-refractivity contribution >= 4 is 4.40 Å². The van der Waals surface area contributed by atoms with Crippen molar-refractivity contribution in [2.24, 2.45) is 17.3 Å². The third-order valence-electron chi connectivity index (χ3n) is 8.92. The Bertz CT molecular complexity index is 1390. The molecule has 3 aromatic rings. The van der Waals surface area contributed by atoms with E-state index in [1.807, 2.05) is 24.3 Å². The summed E-state index contributed by atoms with van der Waals surface area (Å²) in [5.41, 5.74) is 7.78. The minimum absolute atomic E-state index is 0.0242. The third-order valence-corrected chi connectivity index (χ3v) is 9.86. The first-order valence-electron chi connectivity index (χ1n) is 15.5. The SMILES string of the molecule is CC(C)(C)/C(=C/C1CCC([CH]=[Mo])C1)Cc1c(-c2cccc(C(C)(C)C)c2O)cccc1-c1cccc(C(C)(C)C)c1O. The first kappa shape index (κ1) is 32.5. The molecule has 0 aliphatic heterocycles. The molecule has 2 atom stereocenters. The van der Waals surface area contributed by atoms with Crippen LogP contribution in [0, 0.1) is 17.3 Å². The van der Waals surface area contributed by atoms with E-state index in [-0.39, 0.29) is 16.2 Å². The summed E-state index contributed by atoms with van der Waals surface area (Å²) in [4.78, 5) is 0. The second kappa shape index (κ2) is 12.3. The Labute approximate surface area is 265 Å². The van der Waals surface area contributed by atoms with Gasteiger partial charge >= 0.3 is 202 Å². The van der Waals surface area contributed by atoms with Gasteiger partial charge in [-0.3, -0.25) is 0 Å². The molecule has 1 aliphatic carbocycles. The molecule has 0 bridgehead atoms. The van der Waals surface area contributed by atoms with Gasteiger partial charge in [-0.05, 0) is 10.8 Å². The second-order valence-corrected chi connectivity index (χ2v) is 16.0. The average molecular weight is 647 g/mol. The van der Waals surface area contributed by atoms with Gasteiger partial charge in [-0.2, -0.15) is 0 Å². The Morgan fingerprint density at radius 2 is 1.12 bits per heavy atom. The number of para-hydroxylation sites is 2. The summed E-state index contributed by atoms with van der Waals surface area (Å²) < 4.78 is 2.38. The Kier molecular flexibility index (Phi) is 9.49. The van der Waals surface area contributed by atoms with E-state index in [2.05, 4.69) is 122 Å². The zero-order valence-electron chi connectivity index (χ0n) is 27.1. The quantitative estimate of drug-likeness (QED) is 0.207. The Balaban J connectivity index is 1.99. The van der Waals surface area contributed by atoms with Crippen molar-refractivity contribution in [3.63, 3.8) is 0 Å². The van der Waals surface area contributed by atoms with E-state index < -0.39 is 0 Å². The standard InChI is InChI=1S/C39H50O2.Mo/c1-25-20-21-26(22-25)23-27(37(2,3)4)24-32-28(30-16-12-18-33(35(30)40)38(5,6)7)14-11-15-29(32)31-17-13-19-34(36(31)41)39(8,9)10;/h1,11-19,23,25-26,40-41H,20-22,24H2,2-10H3;/b27-23+;. The van der Waals surface area contributed by atoms with E-state index in [4.69, 9.17) is 0 Å². The first-order valence-corrected chi connectivity index (χ1v) is 16.6. The molecule has 224 valence electrons. The van der Waals surface area contributed by atoms with E-state index >= 15 is 0 Å². The van der Waals surface area contributed by atoms with Crippen LogP contribution in [0.4, 0.5) is 0 Å². The molecule has 0 spiro atoms. The van der Waals surface area contributed by atoms with Crippen molar-refractivity contribution in [2.75, 3.05) is 0 Å². The summed E-state index contributed by atoms with van der Waals surface area (Å²) in [6.45, 7) is 19.8. The summed E-state index contributed by atoms with van der Waals surface area (Å²) in [6.07, 6.45) is 7.02. The fourth-order valence-corrected chi connectivity index (χ4v) is 7.00. The van der Waals surface area contributed by atoms with Crippen LogP contribution in [0.15, 0.2) is 66.2 Å². The minimum atomic E-state index is -0.191. The molecule has 1 fully saturated rings. The molecular weight excluding hydrogens is 596 g/mol. The van der Waals surface area contributed by atoms with Crippen LogP contribution >= 0.6 is 0 Å². The number of benzene rings is 3. The zero-order chi connectivity index (χ0) is 31.0. The fourth-order valence-electron chi connectivity index (χ4n) is 6.39. The van der Waals surface area contributed by atoms with Crippen LogP contribution in [0.3, 0.4) is 0 Å². The molecular formula is C39H50MoO2. The van der Waals surface area contributed by atoms with Gasteiger partial charge in [0.2, 0.25) is 0 Å². The predicted octanol–water partition coefficient (Wildman–Crippen LogP) is 10.3. The molecule has 2 N–H and O–H groups in total. The van der Waals surface area contributed by atoms with Gasteiger partial charge in [0.25, 0.3) is 0 Å². The van der Waals surface area contributed by atoms with Gasteiger partial charge < -0.3 is 0 Å². The molecule has 1 aliphatic rings. The molecule has 0 heterocycles. The number of aromatic hydroxyl groups is 2. The maximum absolute atomic E-state index is 11.7. The van der Waals surface area contributed by atoms with Gasteiger partial charge in [0.1, 0.15) is 0 Å². The van der Waals surface area contributed by atoms with E-state index in [1.54, 1.807) is 0 Å². The summed E-state index contributed by atoms with van der Waals surface area (Å²) in [6, 6.07) is 18.6. The van der Waals surface area contributed by atoms with Gasteiger partial charge in [0, 0.05) is 0 Å². The van der Waals surface area contributed by atoms with E-state index in [9.17, 15) is 10.2 Å². The monoisotopic (exact) mass is 648 g/mol. The van der Waals surface area contributed by atoms with Crippen LogP contribution in [-0.2, 0) is 36.6 Å². The molecule has 0 saturated heterocycles. The average Bonchev–Trinajstić information content (AvgIpc) is 3.35. The van der Waals surface area contributed by atoms with Crippen LogP contribution < -0.4 is 0 Å². The van der Waals surface area contributed by atoms with E-state index in [0.29, 0.717) is 23.3 Å². The topological polar surface area (TPSA) is 40.5 Å². The predicted molar refractivity (Wildman–Crippen MR) is 176 cm³/mol. The molecule has 3 heteroatoms. The number of hydrogen-bond acceptors (Lipinski definition) is 2. The zero-order valence-corrected chi connectivity index (χ0v) is 29.1. The molecule has 0 amide bonds. The fraction of sp³-hybridized carbons (Fsp3) is 0.462. The van der Waals surface area contributed by atoms with Crippen LogP contribution in [-0.4, -0.2) is 14.6 Å². The molecule has 0 radical (unpaired) electrons. The first-order chi connectivity index (χ1) is 19.5. The molecule has 42 heavy (non-hydrogen) atoms. The normalized spacial score (nSPS) is 18.4. The molecule has 0 aromatic heterocycles. The third kappa shape index (κ3) is 7.02. The number of phenols is 2. The van der Waals surface area contributed by atoms with Crippen LogP contribution in [0.2, 0.25) is 0 Å². The van der Waals surface area contributed by atoms with Crippen molar-refractivity contribution in [3.05, 3.63) is 82.9 Å². The number of phenolic OH excluding ortho intramolecular Hbond substituents is 2. The Morgan fingerprint density at radius 1 is 0.690 bits per heavy atom. The number of allylic oxidation sites excluding steroid dienone is 2. The molecule has 2 unspecified atom stereocenters. The van der Waals surface area contributed by atoms with Gasteiger partial charge in [0.15, 0.2) is 0 Å². The number of rotatable bonds is 6. The van der Waals surface area contributed by atoms with Crippen molar-refractivity contribution in [2.45, 2.75) is 98.8 Å². The summed E-state index contributed by atoms with van der Waals surface area (Å²) in [5.74, 6) is 1.96. The molecule has 3 aromatic carbocycles. The van der Waals surface area contributed by atoms with Crippen molar-refractivity contribution in [3.8, 4) is 33.8 Å². The van der Waals surface area contributed by atoms with Crippen molar-refractivity contribution in [1.29, 1.82) is 0 Å². The molecule has 2 nitrogen and oxygen atoms in total. The van der Waals surface area contributed by atoms with Crippen LogP contribution in [0.25, 0.3) is 22.3 Å². The van der Waals surface area contributed by atoms with Crippen LogP contribution in [0.1, 0.15) is 98.3 Å². The summed E-state index contributed by atoms with van der Waals surface area (Å²) in [7, 11) is 0. The van der Waals surface area contributed by atoms with Crippen molar-refractivity contribution in [1.82, 2.24) is 0 Å². The van der Waals surface area contributed by atoms with Gasteiger partial charge in [-0.1, -0.05) is 53.7 Å². The van der Waals surface area contributed by atoms with Crippen LogP contribution in [0.5, 0.6) is 11.5 Å². The Hall–Kier alpha value is -2.44. The summed E-state index contributed by atoms with van der Waals surface area (Å²) in [5, 5.41) is 23.4. The van der Waals surface area contributed by atoms with E-state index in [1.165, 1.54) is 24.8 Å². The van der Waals surface area contributed by atoms with Gasteiger partial charge in [-0.25, -0.2) is 0 Å². The molecule has 1 saturated carbocycles. The second-order valence-electron chi connectivity index (χ2n) is 15.3. The molecule has 4 rings (SSSR count). The van der Waals surface area contributed by atoms with Crippen molar-refractivity contribution < 1.29 is 29.6 Å². The maximum atomic E-state index is 11.7. The van der Waals surface area contributed by atoms with Gasteiger partial charge in [0.05, 0.1) is 0 Å². The number of hydrogen-bond donors (Lipinski definition) is 2.